The highest BCUT2D eigenvalue weighted by Crippen LogP contribution is 2.41. The molecule has 0 spiro atoms. The molecule has 0 aromatic heterocycles. The molecule has 0 aliphatic carbocycles. The summed E-state index contributed by atoms with van der Waals surface area (Å²) in [6.07, 6.45) is 7.02. The molecule has 172 valence electrons. The van der Waals surface area contributed by atoms with E-state index in [9.17, 15) is 5.11 Å². The summed E-state index contributed by atoms with van der Waals surface area (Å²) in [5.41, 5.74) is 0.391. The van der Waals surface area contributed by atoms with E-state index in [-0.39, 0.29) is 11.0 Å². The molecular weight excluding hydrogens is 396 g/mol. The highest BCUT2D eigenvalue weighted by Gasteiger charge is 2.46. The van der Waals surface area contributed by atoms with Crippen LogP contribution in [0, 0.1) is 29.6 Å². The first kappa shape index (κ1) is 27.4. The molecule has 2 nitrogen and oxygen atoms in total. The van der Waals surface area contributed by atoms with Gasteiger partial charge in [-0.3, -0.25) is 0 Å². The fourth-order valence-electron chi connectivity index (χ4n) is 3.03. The van der Waals surface area contributed by atoms with Crippen molar-refractivity contribution in [2.24, 2.45) is 5.92 Å². The summed E-state index contributed by atoms with van der Waals surface area (Å²) < 4.78 is 7.05. The topological polar surface area (TPSA) is 29.5 Å². The van der Waals surface area contributed by atoms with E-state index in [1.54, 1.807) is 12.1 Å². The zero-order chi connectivity index (χ0) is 23.5. The van der Waals surface area contributed by atoms with Gasteiger partial charge in [-0.25, -0.2) is 0 Å². The molecule has 0 bridgehead atoms. The molecule has 31 heavy (non-hydrogen) atoms. The Morgan fingerprint density at radius 1 is 0.935 bits per heavy atom. The normalized spacial score (nSPS) is 13.0. The van der Waals surface area contributed by atoms with Crippen molar-refractivity contribution in [3.8, 4) is 29.4 Å². The maximum Gasteiger partial charge on any atom is 0.195 e. The van der Waals surface area contributed by atoms with Crippen molar-refractivity contribution in [1.29, 1.82) is 0 Å². The number of hydrogen-bond acceptors (Lipinski definition) is 2. The van der Waals surface area contributed by atoms with Gasteiger partial charge >= 0.3 is 0 Å². The summed E-state index contributed by atoms with van der Waals surface area (Å²) in [5.74, 6) is 14.3. The average Bonchev–Trinajstić information content (AvgIpc) is 2.69. The lowest BCUT2D eigenvalue weighted by Gasteiger charge is -2.43. The largest absolute Gasteiger partial charge is 0.508 e. The summed E-state index contributed by atoms with van der Waals surface area (Å²) in [6, 6.07) is 7.46. The Hall–Kier alpha value is -1.68. The molecule has 0 heterocycles. The van der Waals surface area contributed by atoms with Gasteiger partial charge in [0.2, 0.25) is 0 Å². The van der Waals surface area contributed by atoms with Crippen LogP contribution >= 0.6 is 0 Å². The van der Waals surface area contributed by atoms with Crippen molar-refractivity contribution >= 4 is 8.32 Å². The predicted octanol–water partition coefficient (Wildman–Crippen LogP) is 7.72. The minimum atomic E-state index is -2.11. The van der Waals surface area contributed by atoms with Crippen LogP contribution in [0.15, 0.2) is 24.3 Å². The molecule has 0 radical (unpaired) electrons. The highest BCUT2D eigenvalue weighted by molar-refractivity contribution is 6.74. The Kier molecular flexibility index (Phi) is 10.9. The maximum atomic E-state index is 9.66. The van der Waals surface area contributed by atoms with Crippen molar-refractivity contribution in [3.05, 3.63) is 29.8 Å². The van der Waals surface area contributed by atoms with Crippen molar-refractivity contribution < 1.29 is 9.53 Å². The summed E-state index contributed by atoms with van der Waals surface area (Å²) in [7, 11) is -2.11. The molecule has 1 rings (SSSR count). The van der Waals surface area contributed by atoms with Gasteiger partial charge in [0.1, 0.15) is 5.75 Å². The number of rotatable bonds is 9. The van der Waals surface area contributed by atoms with E-state index in [1.165, 1.54) is 5.56 Å². The molecule has 1 aromatic carbocycles. The number of phenolic OH excluding ortho intramolecular Hbond substituents is 1. The van der Waals surface area contributed by atoms with E-state index < -0.39 is 13.9 Å². The summed E-state index contributed by atoms with van der Waals surface area (Å²) >= 11 is 0. The molecule has 0 amide bonds. The van der Waals surface area contributed by atoms with Gasteiger partial charge in [-0.15, -0.1) is 0 Å². The van der Waals surface area contributed by atoms with Crippen LogP contribution < -0.4 is 0 Å². The van der Waals surface area contributed by atoms with Gasteiger partial charge in [-0.2, -0.15) is 0 Å². The van der Waals surface area contributed by atoms with Crippen LogP contribution in [0.3, 0.4) is 0 Å². The summed E-state index contributed by atoms with van der Waals surface area (Å²) in [4.78, 5) is 0. The highest BCUT2D eigenvalue weighted by atomic mass is 28.4. The van der Waals surface area contributed by atoms with Gasteiger partial charge < -0.3 is 9.53 Å². The van der Waals surface area contributed by atoms with E-state index >= 15 is 0 Å². The Labute approximate surface area is 193 Å². The third-order valence-electron chi connectivity index (χ3n) is 6.25. The summed E-state index contributed by atoms with van der Waals surface area (Å²) in [6.45, 7) is 18.0. The third-order valence-corrected chi connectivity index (χ3v) is 10.7. The van der Waals surface area contributed by atoms with E-state index in [4.69, 9.17) is 4.43 Å². The molecule has 1 atom stereocenters. The molecule has 0 saturated heterocycles. The first-order chi connectivity index (χ1) is 14.5. The molecule has 1 aromatic rings. The average molecular weight is 441 g/mol. The van der Waals surface area contributed by atoms with Crippen LogP contribution in [0.5, 0.6) is 5.75 Å². The van der Waals surface area contributed by atoms with E-state index in [2.05, 4.69) is 78.3 Å². The minimum Gasteiger partial charge on any atom is -0.508 e. The number of unbranched alkanes of at least 4 members (excludes halogenated alkanes) is 4. The minimum absolute atomic E-state index is 0.0761. The van der Waals surface area contributed by atoms with Crippen LogP contribution in [0.1, 0.15) is 85.6 Å². The first-order valence-corrected chi connectivity index (χ1v) is 14.9. The maximum absolute atomic E-state index is 9.66. The quantitative estimate of drug-likeness (QED) is 0.242. The van der Waals surface area contributed by atoms with Crippen molar-refractivity contribution in [3.63, 3.8) is 0 Å². The zero-order valence-corrected chi connectivity index (χ0v) is 22.2. The van der Waals surface area contributed by atoms with Gasteiger partial charge in [0.15, 0.2) is 13.9 Å². The molecule has 3 heteroatoms. The van der Waals surface area contributed by atoms with Crippen LogP contribution in [0.25, 0.3) is 0 Å². The van der Waals surface area contributed by atoms with Crippen LogP contribution in [0.2, 0.25) is 18.1 Å². The van der Waals surface area contributed by atoms with Crippen molar-refractivity contribution in [2.75, 3.05) is 0 Å². The molecule has 0 aliphatic heterocycles. The molecule has 0 saturated carbocycles. The second kappa shape index (κ2) is 12.4. The number of phenols is 1. The van der Waals surface area contributed by atoms with Crippen LogP contribution in [0.4, 0.5) is 0 Å². The van der Waals surface area contributed by atoms with Crippen LogP contribution in [-0.2, 0) is 10.8 Å². The standard InChI is InChI=1S/C28H44O2Si/c1-9-11-13-15-21-28(22-16-14-12-10-2,30-31(7,8)27(4,5)6)24(3)23-25-17-19-26(29)20-18-25/h17-20,24,29H,9-14,23H2,1-8H3. The number of aromatic hydroxyl groups is 1. The SMILES string of the molecule is CCCCC#CC(C#CCCCC)(O[Si](C)(C)C(C)(C)C)C(C)Cc1ccc(O)cc1. The van der Waals surface area contributed by atoms with E-state index in [0.29, 0.717) is 5.75 Å². The second-order valence-corrected chi connectivity index (χ2v) is 14.9. The van der Waals surface area contributed by atoms with E-state index in [1.807, 2.05) is 12.1 Å². The van der Waals surface area contributed by atoms with Crippen molar-refractivity contribution in [1.82, 2.24) is 0 Å². The lowest BCUT2D eigenvalue weighted by molar-refractivity contribution is 0.112. The summed E-state index contributed by atoms with van der Waals surface area (Å²) in [5, 5.41) is 9.74. The van der Waals surface area contributed by atoms with Crippen LogP contribution in [-0.4, -0.2) is 19.0 Å². The van der Waals surface area contributed by atoms with Gasteiger partial charge in [0, 0.05) is 18.8 Å². The molecule has 0 fully saturated rings. The second-order valence-electron chi connectivity index (χ2n) is 10.2. The molecule has 1 N–H and O–H groups in total. The molecule has 0 aliphatic rings. The lowest BCUT2D eigenvalue weighted by atomic mass is 9.84. The monoisotopic (exact) mass is 440 g/mol. The predicted molar refractivity (Wildman–Crippen MR) is 137 cm³/mol. The third kappa shape index (κ3) is 8.76. The van der Waals surface area contributed by atoms with Gasteiger partial charge in [-0.1, -0.05) is 90.2 Å². The van der Waals surface area contributed by atoms with E-state index in [0.717, 1.165) is 44.9 Å². The lowest BCUT2D eigenvalue weighted by Crippen LogP contribution is -2.52. The van der Waals surface area contributed by atoms with Gasteiger partial charge in [0.25, 0.3) is 0 Å². The van der Waals surface area contributed by atoms with Gasteiger partial charge in [0.05, 0.1) is 0 Å². The van der Waals surface area contributed by atoms with Crippen molar-refractivity contribution in [2.45, 2.75) is 110 Å². The number of benzene rings is 1. The Balaban J connectivity index is 3.43. The smallest absolute Gasteiger partial charge is 0.195 e. The Bertz CT molecular complexity index is 753. The fourth-order valence-corrected chi connectivity index (χ4v) is 4.45. The zero-order valence-electron chi connectivity index (χ0n) is 21.2. The Morgan fingerprint density at radius 3 is 1.84 bits per heavy atom. The number of hydrogen-bond donors (Lipinski definition) is 1. The van der Waals surface area contributed by atoms with Gasteiger partial charge in [-0.05, 0) is 55.1 Å². The molecule has 1 unspecified atom stereocenters. The first-order valence-electron chi connectivity index (χ1n) is 12.0. The molecular formula is C28H44O2Si. The Morgan fingerprint density at radius 2 is 1.42 bits per heavy atom. The fraction of sp³-hybridized carbons (Fsp3) is 0.643.